The molecule has 22 heavy (non-hydrogen) atoms. The quantitative estimate of drug-likeness (QED) is 0.934. The molecule has 1 N–H and O–H groups in total. The van der Waals surface area contributed by atoms with Gasteiger partial charge in [-0.1, -0.05) is 0 Å². The molecule has 1 aliphatic heterocycles. The molecule has 0 radical (unpaired) electrons. The van der Waals surface area contributed by atoms with Gasteiger partial charge >= 0.3 is 0 Å². The summed E-state index contributed by atoms with van der Waals surface area (Å²) in [6.07, 6.45) is 9.58. The zero-order chi connectivity index (χ0) is 15.4. The number of piperidine rings is 1. The molecule has 1 fully saturated rings. The molecule has 1 amide bonds. The van der Waals surface area contributed by atoms with E-state index < -0.39 is 0 Å². The van der Waals surface area contributed by atoms with Crippen molar-refractivity contribution in [3.8, 4) is 0 Å². The lowest BCUT2D eigenvalue weighted by Crippen LogP contribution is -2.37. The van der Waals surface area contributed by atoms with Crippen molar-refractivity contribution in [1.29, 1.82) is 0 Å². The van der Waals surface area contributed by atoms with Gasteiger partial charge in [-0.3, -0.25) is 4.79 Å². The standard InChI is InChI=1S/C15H18N6O/c1-11(22)21-7-3-2-4-14(21)13-5-6-18-15(20-13)19-12-8-16-10-17-9-12/h5-6,8-10,14H,2-4,7H2,1H3,(H,18,19,20)/t14-/m0/s1. The molecule has 1 atom stereocenters. The van der Waals surface area contributed by atoms with Crippen LogP contribution in [0, 0.1) is 0 Å². The highest BCUT2D eigenvalue weighted by Gasteiger charge is 2.27. The SMILES string of the molecule is CC(=O)N1CCCC[C@H]1c1ccnc(Nc2cncnc2)n1. The molecule has 0 aliphatic carbocycles. The summed E-state index contributed by atoms with van der Waals surface area (Å²) in [5.41, 5.74) is 1.59. The normalized spacial score (nSPS) is 18.0. The molecular weight excluding hydrogens is 280 g/mol. The van der Waals surface area contributed by atoms with E-state index in [4.69, 9.17) is 0 Å². The van der Waals surface area contributed by atoms with Crippen LogP contribution in [-0.4, -0.2) is 37.3 Å². The average Bonchev–Trinajstić information content (AvgIpc) is 2.56. The van der Waals surface area contributed by atoms with Crippen molar-refractivity contribution in [1.82, 2.24) is 24.8 Å². The van der Waals surface area contributed by atoms with Gasteiger partial charge in [0.15, 0.2) is 0 Å². The fourth-order valence-corrected chi connectivity index (χ4v) is 2.73. The molecule has 2 aromatic rings. The second-order valence-electron chi connectivity index (χ2n) is 5.28. The molecule has 0 unspecified atom stereocenters. The molecule has 3 heterocycles. The van der Waals surface area contributed by atoms with Crippen LogP contribution in [0.5, 0.6) is 0 Å². The fraction of sp³-hybridized carbons (Fsp3) is 0.400. The van der Waals surface area contributed by atoms with Gasteiger partial charge in [0.1, 0.15) is 6.33 Å². The van der Waals surface area contributed by atoms with Crippen LogP contribution in [0.15, 0.2) is 31.0 Å². The number of carbonyl (C=O) groups excluding carboxylic acids is 1. The number of amides is 1. The van der Waals surface area contributed by atoms with Gasteiger partial charge in [0.2, 0.25) is 11.9 Å². The molecule has 0 saturated carbocycles. The Kier molecular flexibility index (Phi) is 4.22. The zero-order valence-electron chi connectivity index (χ0n) is 12.4. The molecular formula is C15H18N6O. The number of anilines is 2. The average molecular weight is 298 g/mol. The first-order chi connectivity index (χ1) is 10.7. The van der Waals surface area contributed by atoms with Crippen molar-refractivity contribution in [2.45, 2.75) is 32.2 Å². The van der Waals surface area contributed by atoms with Crippen molar-refractivity contribution in [3.63, 3.8) is 0 Å². The number of hydrogen-bond donors (Lipinski definition) is 1. The molecule has 3 rings (SSSR count). The monoisotopic (exact) mass is 298 g/mol. The van der Waals surface area contributed by atoms with Gasteiger partial charge in [0.25, 0.3) is 0 Å². The maximum absolute atomic E-state index is 11.8. The van der Waals surface area contributed by atoms with E-state index in [1.54, 1.807) is 25.5 Å². The lowest BCUT2D eigenvalue weighted by Gasteiger charge is -2.34. The summed E-state index contributed by atoms with van der Waals surface area (Å²) in [6.45, 7) is 2.40. The first kappa shape index (κ1) is 14.4. The van der Waals surface area contributed by atoms with E-state index >= 15 is 0 Å². The third kappa shape index (κ3) is 3.19. The smallest absolute Gasteiger partial charge is 0.227 e. The first-order valence-electron chi connectivity index (χ1n) is 7.36. The number of aromatic nitrogens is 4. The van der Waals surface area contributed by atoms with Gasteiger partial charge in [0.05, 0.1) is 29.8 Å². The van der Waals surface area contributed by atoms with Crippen molar-refractivity contribution in [3.05, 3.63) is 36.7 Å². The van der Waals surface area contributed by atoms with E-state index in [1.807, 2.05) is 11.0 Å². The summed E-state index contributed by atoms with van der Waals surface area (Å²) >= 11 is 0. The lowest BCUT2D eigenvalue weighted by atomic mass is 9.99. The molecule has 1 aliphatic rings. The van der Waals surface area contributed by atoms with E-state index in [-0.39, 0.29) is 11.9 Å². The Morgan fingerprint density at radius 1 is 1.32 bits per heavy atom. The number of likely N-dealkylation sites (tertiary alicyclic amines) is 1. The van der Waals surface area contributed by atoms with Crippen molar-refractivity contribution >= 4 is 17.5 Å². The molecule has 7 heteroatoms. The topological polar surface area (TPSA) is 83.9 Å². The van der Waals surface area contributed by atoms with Gasteiger partial charge < -0.3 is 10.2 Å². The number of nitrogens with zero attached hydrogens (tertiary/aromatic N) is 5. The molecule has 114 valence electrons. The number of rotatable bonds is 3. The Hall–Kier alpha value is -2.57. The van der Waals surface area contributed by atoms with E-state index in [0.29, 0.717) is 5.95 Å². The zero-order valence-corrected chi connectivity index (χ0v) is 12.4. The summed E-state index contributed by atoms with van der Waals surface area (Å²) < 4.78 is 0. The molecule has 0 bridgehead atoms. The molecule has 7 nitrogen and oxygen atoms in total. The first-order valence-corrected chi connectivity index (χ1v) is 7.36. The molecule has 0 spiro atoms. The summed E-state index contributed by atoms with van der Waals surface area (Å²) in [7, 11) is 0. The summed E-state index contributed by atoms with van der Waals surface area (Å²) in [5, 5.41) is 3.08. The van der Waals surface area contributed by atoms with Crippen LogP contribution in [0.25, 0.3) is 0 Å². The lowest BCUT2D eigenvalue weighted by molar-refractivity contribution is -0.132. The van der Waals surface area contributed by atoms with Gasteiger partial charge in [-0.25, -0.2) is 19.9 Å². The van der Waals surface area contributed by atoms with Crippen molar-refractivity contribution < 1.29 is 4.79 Å². The van der Waals surface area contributed by atoms with Crippen molar-refractivity contribution in [2.24, 2.45) is 0 Å². The molecule has 0 aromatic carbocycles. The predicted molar refractivity (Wildman–Crippen MR) is 81.3 cm³/mol. The minimum Gasteiger partial charge on any atom is -0.334 e. The fourth-order valence-electron chi connectivity index (χ4n) is 2.73. The summed E-state index contributed by atoms with van der Waals surface area (Å²) in [5.74, 6) is 0.579. The van der Waals surface area contributed by atoms with Gasteiger partial charge in [-0.2, -0.15) is 0 Å². The second kappa shape index (κ2) is 6.46. The van der Waals surface area contributed by atoms with Crippen LogP contribution in [-0.2, 0) is 4.79 Å². The van der Waals surface area contributed by atoms with Crippen LogP contribution < -0.4 is 5.32 Å². The predicted octanol–water partition coefficient (Wildman–Crippen LogP) is 2.08. The highest BCUT2D eigenvalue weighted by Crippen LogP contribution is 2.30. The number of carbonyl (C=O) groups is 1. The Bertz CT molecular complexity index is 647. The van der Waals surface area contributed by atoms with Crippen LogP contribution >= 0.6 is 0 Å². The van der Waals surface area contributed by atoms with Crippen LogP contribution in [0.2, 0.25) is 0 Å². The number of nitrogens with one attached hydrogen (secondary N) is 1. The maximum atomic E-state index is 11.8. The van der Waals surface area contributed by atoms with Crippen LogP contribution in [0.3, 0.4) is 0 Å². The van der Waals surface area contributed by atoms with Gasteiger partial charge in [-0.15, -0.1) is 0 Å². The van der Waals surface area contributed by atoms with E-state index in [9.17, 15) is 4.79 Å². The van der Waals surface area contributed by atoms with Gasteiger partial charge in [0, 0.05) is 19.7 Å². The third-order valence-corrected chi connectivity index (χ3v) is 3.74. The highest BCUT2D eigenvalue weighted by molar-refractivity contribution is 5.73. The van der Waals surface area contributed by atoms with E-state index in [2.05, 4.69) is 25.3 Å². The molecule has 2 aromatic heterocycles. The maximum Gasteiger partial charge on any atom is 0.227 e. The van der Waals surface area contributed by atoms with E-state index in [1.165, 1.54) is 6.33 Å². The van der Waals surface area contributed by atoms with E-state index in [0.717, 1.165) is 37.2 Å². The summed E-state index contributed by atoms with van der Waals surface area (Å²) in [6, 6.07) is 1.90. The summed E-state index contributed by atoms with van der Waals surface area (Å²) in [4.78, 5) is 30.4. The Labute approximate surface area is 128 Å². The van der Waals surface area contributed by atoms with Gasteiger partial charge in [-0.05, 0) is 25.3 Å². The number of hydrogen-bond acceptors (Lipinski definition) is 6. The largest absolute Gasteiger partial charge is 0.334 e. The molecule has 1 saturated heterocycles. The second-order valence-corrected chi connectivity index (χ2v) is 5.28. The third-order valence-electron chi connectivity index (χ3n) is 3.74. The Balaban J connectivity index is 1.82. The van der Waals surface area contributed by atoms with Crippen LogP contribution in [0.1, 0.15) is 37.9 Å². The minimum atomic E-state index is 0.0295. The minimum absolute atomic E-state index is 0.0295. The highest BCUT2D eigenvalue weighted by atomic mass is 16.2. The Morgan fingerprint density at radius 2 is 2.14 bits per heavy atom. The Morgan fingerprint density at radius 3 is 2.91 bits per heavy atom. The van der Waals surface area contributed by atoms with Crippen molar-refractivity contribution in [2.75, 3.05) is 11.9 Å². The van der Waals surface area contributed by atoms with Crippen LogP contribution in [0.4, 0.5) is 11.6 Å².